The van der Waals surface area contributed by atoms with Gasteiger partial charge in [-0.2, -0.15) is 0 Å². The van der Waals surface area contributed by atoms with Crippen LogP contribution in [0.4, 0.5) is 0 Å². The Morgan fingerprint density at radius 2 is 2.00 bits per heavy atom. The maximum absolute atomic E-state index is 2.41. The van der Waals surface area contributed by atoms with E-state index >= 15 is 0 Å². The Labute approximate surface area is 96.3 Å². The van der Waals surface area contributed by atoms with E-state index in [4.69, 9.17) is 0 Å². The third kappa shape index (κ3) is 2.28. The molecule has 0 aliphatic heterocycles. The molecule has 1 aromatic rings. The van der Waals surface area contributed by atoms with Gasteiger partial charge in [-0.25, -0.2) is 0 Å². The topological polar surface area (TPSA) is 9.86 Å². The molecule has 1 fully saturated rings. The van der Waals surface area contributed by atoms with Crippen LogP contribution < -0.4 is 0 Å². The van der Waals surface area contributed by atoms with Crippen LogP contribution in [0.2, 0.25) is 0 Å². The molecule has 82 valence electrons. The van der Waals surface area contributed by atoms with Gasteiger partial charge in [-0.3, -0.25) is 0 Å². The first-order valence-corrected chi connectivity index (χ1v) is 6.58. The van der Waals surface area contributed by atoms with Gasteiger partial charge in [0.25, 0.3) is 0 Å². The first-order chi connectivity index (χ1) is 6.77. The van der Waals surface area contributed by atoms with Gasteiger partial charge < -0.3 is 0 Å². The molecule has 0 aromatic carbocycles. The molecule has 0 bridgehead atoms. The maximum atomic E-state index is 2.41. The van der Waals surface area contributed by atoms with Crippen molar-refractivity contribution in [2.24, 2.45) is 13.0 Å². The summed E-state index contributed by atoms with van der Waals surface area (Å²) in [5, 5.41) is 0. The summed E-state index contributed by atoms with van der Waals surface area (Å²) in [7, 11) is 2.11. The van der Waals surface area contributed by atoms with E-state index in [0.717, 1.165) is 5.92 Å². The number of aryl methyl sites for hydroxylation is 1. The van der Waals surface area contributed by atoms with E-state index in [2.05, 4.69) is 47.9 Å². The molecule has 1 saturated carbocycles. The van der Waals surface area contributed by atoms with Crippen molar-refractivity contribution < 1.29 is 19.4 Å². The Bertz CT molecular complexity index is 344. The molecule has 0 atom stereocenters. The van der Waals surface area contributed by atoms with Crippen LogP contribution >= 0.6 is 0 Å². The molecule has 1 aliphatic rings. The monoisotopic (exact) mass is 373 g/mol. The van der Waals surface area contributed by atoms with Crippen LogP contribution in [0.1, 0.15) is 32.1 Å². The van der Waals surface area contributed by atoms with Crippen molar-refractivity contribution in [2.45, 2.75) is 38.6 Å². The molecule has 0 saturated heterocycles. The summed E-state index contributed by atoms with van der Waals surface area (Å²) >= 11 is 2.41. The van der Waals surface area contributed by atoms with E-state index in [1.165, 1.54) is 42.5 Å². The molecule has 1 aliphatic carbocycles. The van der Waals surface area contributed by atoms with Crippen LogP contribution in [0, 0.1) is 9.72 Å². The molecule has 0 radical (unpaired) electrons. The van der Waals surface area contributed by atoms with Gasteiger partial charge in [0.1, 0.15) is 0 Å². The van der Waals surface area contributed by atoms with E-state index in [0.29, 0.717) is 0 Å². The Morgan fingerprint density at radius 1 is 1.29 bits per heavy atom. The molecule has 2 rings (SSSR count). The van der Waals surface area contributed by atoms with Crippen LogP contribution in [0.5, 0.6) is 0 Å². The van der Waals surface area contributed by atoms with E-state index in [-0.39, 0.29) is 0 Å². The Morgan fingerprint density at radius 3 is 2.57 bits per heavy atom. The summed E-state index contributed by atoms with van der Waals surface area (Å²) < 4.78 is 5.91. The minimum atomic E-state index is 0.921. The number of imidazole rings is 1. The van der Waals surface area contributed by atoms with Crippen molar-refractivity contribution in [3.8, 4) is 0 Å². The summed E-state index contributed by atoms with van der Waals surface area (Å²) in [4.78, 5) is 0. The average Bonchev–Trinajstić information content (AvgIpc) is 2.52. The summed E-state index contributed by atoms with van der Waals surface area (Å²) in [6.07, 6.45) is 11.5. The number of hydrogen-bond donors (Lipinski definition) is 0. The molecule has 0 unspecified atom stereocenters. The SMILES string of the molecule is Cn1ccn(CC2CCCCC2)[c]1=[Pt]. The van der Waals surface area contributed by atoms with Crippen LogP contribution in [0.25, 0.3) is 0 Å². The van der Waals surface area contributed by atoms with Gasteiger partial charge in [0.05, 0.1) is 0 Å². The number of nitrogens with zero attached hydrogens (tertiary/aromatic N) is 2. The van der Waals surface area contributed by atoms with Gasteiger partial charge in [-0.05, 0) is 0 Å². The summed E-state index contributed by atoms with van der Waals surface area (Å²) in [5.74, 6) is 0.921. The minimum absolute atomic E-state index is 0.921. The predicted octanol–water partition coefficient (Wildman–Crippen LogP) is 2.49. The van der Waals surface area contributed by atoms with E-state index < -0.39 is 0 Å². The van der Waals surface area contributed by atoms with Crippen molar-refractivity contribution in [1.82, 2.24) is 9.13 Å². The van der Waals surface area contributed by atoms with Crippen LogP contribution in [0.3, 0.4) is 0 Å². The Kier molecular flexibility index (Phi) is 3.43. The van der Waals surface area contributed by atoms with Crippen molar-refractivity contribution in [1.29, 1.82) is 0 Å². The normalized spacial score (nSPS) is 18.8. The molecular weight excluding hydrogens is 355 g/mol. The molecule has 14 heavy (non-hydrogen) atoms. The van der Waals surface area contributed by atoms with Crippen LogP contribution in [-0.4, -0.2) is 9.13 Å². The summed E-state index contributed by atoms with van der Waals surface area (Å²) in [6, 6.07) is 0. The molecule has 2 nitrogen and oxygen atoms in total. The number of rotatable bonds is 2. The zero-order valence-electron chi connectivity index (χ0n) is 8.69. The van der Waals surface area contributed by atoms with Crippen molar-refractivity contribution >= 4 is 0 Å². The van der Waals surface area contributed by atoms with Crippen molar-refractivity contribution in [3.63, 3.8) is 0 Å². The zero-order valence-corrected chi connectivity index (χ0v) is 11.0. The fourth-order valence-electron chi connectivity index (χ4n) is 2.28. The second-order valence-corrected chi connectivity index (χ2v) is 5.32. The molecule has 1 heterocycles. The quantitative estimate of drug-likeness (QED) is 0.754. The van der Waals surface area contributed by atoms with Crippen LogP contribution in [0.15, 0.2) is 12.4 Å². The first kappa shape index (κ1) is 10.4. The van der Waals surface area contributed by atoms with E-state index in [9.17, 15) is 0 Å². The molecule has 1 aromatic heterocycles. The van der Waals surface area contributed by atoms with Gasteiger partial charge >= 0.3 is 96.3 Å². The standard InChI is InChI=1S/C11H18N2.Pt/c1-12-7-8-13(10-12)9-11-5-3-2-4-6-11;/h7-8,11H,2-6,9H2,1H3;. The van der Waals surface area contributed by atoms with E-state index in [1.54, 1.807) is 0 Å². The molecule has 0 N–H and O–H groups in total. The van der Waals surface area contributed by atoms with E-state index in [1.807, 2.05) is 0 Å². The van der Waals surface area contributed by atoms with Gasteiger partial charge in [-0.15, -0.1) is 0 Å². The van der Waals surface area contributed by atoms with Gasteiger partial charge in [0, 0.05) is 0 Å². The predicted molar refractivity (Wildman–Crippen MR) is 53.2 cm³/mol. The average molecular weight is 373 g/mol. The molecule has 0 amide bonds. The number of hydrogen-bond acceptors (Lipinski definition) is 0. The molecule has 0 spiro atoms. The summed E-state index contributed by atoms with van der Waals surface area (Å²) in [5.41, 5.74) is 0. The third-order valence-corrected chi connectivity index (χ3v) is 4.59. The van der Waals surface area contributed by atoms with Crippen LogP contribution in [-0.2, 0) is 32.9 Å². The fourth-order valence-corrected chi connectivity index (χ4v) is 2.82. The second kappa shape index (κ2) is 4.61. The Balaban J connectivity index is 2.02. The first-order valence-electron chi connectivity index (χ1n) is 5.44. The van der Waals surface area contributed by atoms with Crippen molar-refractivity contribution in [3.05, 3.63) is 16.2 Å². The van der Waals surface area contributed by atoms with Gasteiger partial charge in [0.2, 0.25) is 0 Å². The second-order valence-electron chi connectivity index (χ2n) is 4.31. The molecule has 3 heteroatoms. The molecular formula is C11H18N2Pt. The zero-order chi connectivity index (χ0) is 9.97. The third-order valence-electron chi connectivity index (χ3n) is 3.14. The van der Waals surface area contributed by atoms with Gasteiger partial charge in [0.15, 0.2) is 0 Å². The van der Waals surface area contributed by atoms with Crippen molar-refractivity contribution in [2.75, 3.05) is 0 Å². The number of aromatic nitrogens is 2. The fraction of sp³-hybridized carbons (Fsp3) is 0.727. The summed E-state index contributed by atoms with van der Waals surface area (Å²) in [6.45, 7) is 1.22. The Hall–Kier alpha value is -0.102. The van der Waals surface area contributed by atoms with Gasteiger partial charge in [-0.1, -0.05) is 0 Å².